The van der Waals surface area contributed by atoms with Gasteiger partial charge in [0.15, 0.2) is 17.5 Å². The second-order valence-corrected chi connectivity index (χ2v) is 7.48. The van der Waals surface area contributed by atoms with Crippen LogP contribution in [0.3, 0.4) is 0 Å². The molecule has 1 aliphatic carbocycles. The predicted octanol–water partition coefficient (Wildman–Crippen LogP) is 4.31. The Morgan fingerprint density at radius 2 is 1.97 bits per heavy atom. The fourth-order valence-corrected chi connectivity index (χ4v) is 3.12. The molecule has 0 heterocycles. The van der Waals surface area contributed by atoms with E-state index in [-0.39, 0.29) is 53.5 Å². The molecule has 1 amide bonds. The largest absolute Gasteiger partial charge is 0.486 e. The van der Waals surface area contributed by atoms with Crippen molar-refractivity contribution in [3.05, 3.63) is 59.9 Å². The number of benzene rings is 2. The number of hydrogen-bond acceptors (Lipinski definition) is 3. The van der Waals surface area contributed by atoms with E-state index in [1.54, 1.807) is 25.2 Å². The van der Waals surface area contributed by atoms with Crippen LogP contribution in [0, 0.1) is 11.7 Å². The minimum Gasteiger partial charge on any atom is -0.486 e. The van der Waals surface area contributed by atoms with Gasteiger partial charge in [0, 0.05) is 25.2 Å². The number of halogens is 2. The van der Waals surface area contributed by atoms with Gasteiger partial charge >= 0.3 is 0 Å². The third-order valence-electron chi connectivity index (χ3n) is 5.08. The highest BCUT2D eigenvalue weighted by atomic mass is 127. The van der Waals surface area contributed by atoms with Crippen LogP contribution < -0.4 is 20.7 Å². The molecule has 6 nitrogen and oxygen atoms in total. The standard InChI is InChI=1S/C23H29FN4O2.HI/c1-16(30-21-12-4-3-11-20(21)24)14-26-23(25-2)27-15-17-7-5-10-19(13-17)28-22(29)18-8-6-9-18;/h3-5,7,10-13,16,18H,6,8-9,14-15H2,1-2H3,(H,28,29)(H2,25,26,27);1H. The molecule has 0 bridgehead atoms. The molecule has 3 rings (SSSR count). The lowest BCUT2D eigenvalue weighted by Crippen LogP contribution is -2.41. The number of aliphatic imine (C=N–C) groups is 1. The molecule has 2 aromatic carbocycles. The van der Waals surface area contributed by atoms with Crippen LogP contribution in [0.2, 0.25) is 0 Å². The number of ether oxygens (including phenoxy) is 1. The van der Waals surface area contributed by atoms with E-state index in [2.05, 4.69) is 20.9 Å². The summed E-state index contributed by atoms with van der Waals surface area (Å²) >= 11 is 0. The molecule has 1 aliphatic rings. The van der Waals surface area contributed by atoms with E-state index >= 15 is 0 Å². The van der Waals surface area contributed by atoms with Gasteiger partial charge in [-0.3, -0.25) is 9.79 Å². The normalized spacial score (nSPS) is 14.6. The van der Waals surface area contributed by atoms with Gasteiger partial charge in [0.1, 0.15) is 6.10 Å². The van der Waals surface area contributed by atoms with E-state index in [1.807, 2.05) is 31.2 Å². The van der Waals surface area contributed by atoms with Crippen molar-refractivity contribution in [2.75, 3.05) is 18.9 Å². The Hall–Kier alpha value is -2.36. The highest BCUT2D eigenvalue weighted by Gasteiger charge is 2.25. The van der Waals surface area contributed by atoms with Crippen molar-refractivity contribution in [1.82, 2.24) is 10.6 Å². The van der Waals surface area contributed by atoms with E-state index in [4.69, 9.17) is 4.74 Å². The maximum atomic E-state index is 13.7. The lowest BCUT2D eigenvalue weighted by atomic mass is 9.85. The number of carbonyl (C=O) groups is 1. The zero-order valence-corrected chi connectivity index (χ0v) is 20.2. The van der Waals surface area contributed by atoms with Crippen LogP contribution in [0.1, 0.15) is 31.7 Å². The first-order chi connectivity index (χ1) is 14.5. The van der Waals surface area contributed by atoms with Gasteiger partial charge in [-0.05, 0) is 49.6 Å². The monoisotopic (exact) mass is 540 g/mol. The zero-order chi connectivity index (χ0) is 21.3. The van der Waals surface area contributed by atoms with E-state index < -0.39 is 0 Å². The molecular formula is C23H30FIN4O2. The molecule has 168 valence electrons. The number of carbonyl (C=O) groups excluding carboxylic acids is 1. The second-order valence-electron chi connectivity index (χ2n) is 7.48. The second kappa shape index (κ2) is 12.5. The average molecular weight is 540 g/mol. The minimum atomic E-state index is -0.379. The number of guanidine groups is 1. The lowest BCUT2D eigenvalue weighted by Gasteiger charge is -2.24. The van der Waals surface area contributed by atoms with Crippen molar-refractivity contribution in [1.29, 1.82) is 0 Å². The van der Waals surface area contributed by atoms with Crippen LogP contribution >= 0.6 is 24.0 Å². The van der Waals surface area contributed by atoms with Gasteiger partial charge in [-0.25, -0.2) is 4.39 Å². The number of para-hydroxylation sites is 1. The maximum absolute atomic E-state index is 13.7. The topological polar surface area (TPSA) is 74.8 Å². The molecule has 2 aromatic rings. The summed E-state index contributed by atoms with van der Waals surface area (Å²) in [6, 6.07) is 14.1. The molecule has 1 saturated carbocycles. The van der Waals surface area contributed by atoms with Crippen LogP contribution in [-0.4, -0.2) is 31.6 Å². The molecule has 1 fully saturated rings. The highest BCUT2D eigenvalue weighted by molar-refractivity contribution is 14.0. The molecule has 0 spiro atoms. The third kappa shape index (κ3) is 7.68. The van der Waals surface area contributed by atoms with Crippen molar-refractivity contribution in [2.45, 2.75) is 38.8 Å². The summed E-state index contributed by atoms with van der Waals surface area (Å²) in [4.78, 5) is 16.3. The van der Waals surface area contributed by atoms with Crippen LogP contribution in [0.4, 0.5) is 10.1 Å². The Morgan fingerprint density at radius 3 is 2.65 bits per heavy atom. The van der Waals surface area contributed by atoms with Crippen LogP contribution in [-0.2, 0) is 11.3 Å². The summed E-state index contributed by atoms with van der Waals surface area (Å²) in [5.41, 5.74) is 1.83. The highest BCUT2D eigenvalue weighted by Crippen LogP contribution is 2.27. The fraction of sp³-hybridized carbons (Fsp3) is 0.391. The molecule has 1 unspecified atom stereocenters. The average Bonchev–Trinajstić information content (AvgIpc) is 2.69. The molecule has 3 N–H and O–H groups in total. The summed E-state index contributed by atoms with van der Waals surface area (Å²) in [7, 11) is 1.69. The summed E-state index contributed by atoms with van der Waals surface area (Å²) in [6.07, 6.45) is 2.85. The quantitative estimate of drug-likeness (QED) is 0.265. The molecule has 8 heteroatoms. The first kappa shape index (κ1) is 24.9. The smallest absolute Gasteiger partial charge is 0.227 e. The summed E-state index contributed by atoms with van der Waals surface area (Å²) in [5.74, 6) is 0.727. The Balaban J connectivity index is 0.00000341. The first-order valence-electron chi connectivity index (χ1n) is 10.3. The lowest BCUT2D eigenvalue weighted by molar-refractivity contribution is -0.122. The van der Waals surface area contributed by atoms with Gasteiger partial charge < -0.3 is 20.7 Å². The summed E-state index contributed by atoms with van der Waals surface area (Å²) < 4.78 is 19.3. The molecule has 1 atom stereocenters. The van der Waals surface area contributed by atoms with Gasteiger partial charge in [-0.2, -0.15) is 0 Å². The molecule has 31 heavy (non-hydrogen) atoms. The van der Waals surface area contributed by atoms with Crippen molar-refractivity contribution in [3.63, 3.8) is 0 Å². The number of hydrogen-bond donors (Lipinski definition) is 3. The molecule has 0 saturated heterocycles. The Labute approximate surface area is 200 Å². The number of nitrogens with one attached hydrogen (secondary N) is 3. The molecule has 0 aromatic heterocycles. The van der Waals surface area contributed by atoms with E-state index in [1.165, 1.54) is 6.07 Å². The Bertz CT molecular complexity index is 889. The number of amides is 1. The molecular weight excluding hydrogens is 510 g/mol. The van der Waals surface area contributed by atoms with E-state index in [9.17, 15) is 9.18 Å². The predicted molar refractivity (Wildman–Crippen MR) is 133 cm³/mol. The summed E-state index contributed by atoms with van der Waals surface area (Å²) in [6.45, 7) is 2.88. The first-order valence-corrected chi connectivity index (χ1v) is 10.3. The van der Waals surface area contributed by atoms with E-state index in [0.29, 0.717) is 19.0 Å². The molecule has 0 radical (unpaired) electrons. The SMILES string of the molecule is CN=C(NCc1cccc(NC(=O)C2CCC2)c1)NCC(C)Oc1ccccc1F.I. The van der Waals surface area contributed by atoms with Gasteiger partial charge in [-0.15, -0.1) is 24.0 Å². The van der Waals surface area contributed by atoms with Crippen molar-refractivity contribution < 1.29 is 13.9 Å². The van der Waals surface area contributed by atoms with Crippen molar-refractivity contribution >= 4 is 41.5 Å². The molecule has 0 aliphatic heterocycles. The van der Waals surface area contributed by atoms with Crippen LogP contribution in [0.15, 0.2) is 53.5 Å². The Kier molecular flexibility index (Phi) is 10.0. The van der Waals surface area contributed by atoms with Crippen LogP contribution in [0.25, 0.3) is 0 Å². The zero-order valence-electron chi connectivity index (χ0n) is 17.9. The number of nitrogens with zero attached hydrogens (tertiary/aromatic N) is 1. The third-order valence-corrected chi connectivity index (χ3v) is 5.08. The fourth-order valence-electron chi connectivity index (χ4n) is 3.12. The maximum Gasteiger partial charge on any atom is 0.227 e. The van der Waals surface area contributed by atoms with E-state index in [0.717, 1.165) is 30.5 Å². The summed E-state index contributed by atoms with van der Waals surface area (Å²) in [5, 5.41) is 9.41. The minimum absolute atomic E-state index is 0. The van der Waals surface area contributed by atoms with Gasteiger partial charge in [0.25, 0.3) is 0 Å². The van der Waals surface area contributed by atoms with Crippen molar-refractivity contribution in [2.24, 2.45) is 10.9 Å². The number of rotatable bonds is 8. The van der Waals surface area contributed by atoms with Gasteiger partial charge in [0.2, 0.25) is 5.91 Å². The van der Waals surface area contributed by atoms with Crippen LogP contribution in [0.5, 0.6) is 5.75 Å². The van der Waals surface area contributed by atoms with Crippen molar-refractivity contribution in [3.8, 4) is 5.75 Å². The van der Waals surface area contributed by atoms with Gasteiger partial charge in [0.05, 0.1) is 6.54 Å². The number of anilines is 1. The Morgan fingerprint density at radius 1 is 1.19 bits per heavy atom. The van der Waals surface area contributed by atoms with Gasteiger partial charge in [-0.1, -0.05) is 30.7 Å².